The molecule has 0 saturated carbocycles. The van der Waals surface area contributed by atoms with E-state index in [9.17, 15) is 4.79 Å². The van der Waals surface area contributed by atoms with Gasteiger partial charge in [0.05, 0.1) is 19.3 Å². The predicted molar refractivity (Wildman–Crippen MR) is 117 cm³/mol. The first-order valence-corrected chi connectivity index (χ1v) is 10.1. The minimum atomic E-state index is -0.347. The summed E-state index contributed by atoms with van der Waals surface area (Å²) >= 11 is 0. The molecule has 0 fully saturated rings. The van der Waals surface area contributed by atoms with Gasteiger partial charge in [-0.05, 0) is 47.5 Å². The number of ether oxygens (including phenoxy) is 3. The highest BCUT2D eigenvalue weighted by atomic mass is 16.5. The van der Waals surface area contributed by atoms with Gasteiger partial charge in [-0.2, -0.15) is 0 Å². The van der Waals surface area contributed by atoms with Crippen LogP contribution in [-0.4, -0.2) is 43.2 Å². The highest BCUT2D eigenvalue weighted by Gasteiger charge is 2.33. The molecule has 7 nitrogen and oxygen atoms in total. The molecule has 2 heterocycles. The van der Waals surface area contributed by atoms with E-state index >= 15 is 0 Å². The summed E-state index contributed by atoms with van der Waals surface area (Å²) in [6, 6.07) is 17.1. The Balaban J connectivity index is 1.61. The maximum Gasteiger partial charge on any atom is 0.257 e. The molecule has 0 unspecified atom stereocenters. The van der Waals surface area contributed by atoms with Gasteiger partial charge in [-0.3, -0.25) is 9.78 Å². The molecule has 1 aliphatic rings. The first kappa shape index (κ1) is 20.7. The van der Waals surface area contributed by atoms with Crippen LogP contribution in [0.4, 0.5) is 5.69 Å². The van der Waals surface area contributed by atoms with E-state index in [0.29, 0.717) is 36.8 Å². The second-order valence-corrected chi connectivity index (χ2v) is 7.14. The molecule has 3 aromatic rings. The normalized spacial score (nSPS) is 15.2. The van der Waals surface area contributed by atoms with Crippen LogP contribution in [0.2, 0.25) is 0 Å². The number of carbonyl (C=O) groups is 1. The zero-order chi connectivity index (χ0) is 21.6. The van der Waals surface area contributed by atoms with Crippen molar-refractivity contribution in [1.29, 1.82) is 0 Å². The molecule has 0 spiro atoms. The number of fused-ring (bicyclic) bond motifs is 1. The van der Waals surface area contributed by atoms with Crippen molar-refractivity contribution < 1.29 is 19.0 Å². The topological polar surface area (TPSA) is 72.9 Å². The lowest BCUT2D eigenvalue weighted by Crippen LogP contribution is -2.44. The highest BCUT2D eigenvalue weighted by molar-refractivity contribution is 6.01. The van der Waals surface area contributed by atoms with Crippen LogP contribution in [0.3, 0.4) is 0 Å². The van der Waals surface area contributed by atoms with Gasteiger partial charge in [0.15, 0.2) is 11.5 Å². The third-order valence-electron chi connectivity index (χ3n) is 5.21. The number of amides is 1. The van der Waals surface area contributed by atoms with Crippen molar-refractivity contribution in [3.05, 3.63) is 83.7 Å². The molecular formula is C24H25N3O4. The number of para-hydroxylation sites is 1. The molecule has 4 rings (SSSR count). The Morgan fingerprint density at radius 3 is 2.61 bits per heavy atom. The lowest BCUT2D eigenvalue weighted by atomic mass is 10.0. The molecule has 1 amide bonds. The number of nitrogens with zero attached hydrogens (tertiary/aromatic N) is 2. The van der Waals surface area contributed by atoms with Crippen LogP contribution in [0.1, 0.15) is 27.7 Å². The molecule has 160 valence electrons. The number of nitrogens with one attached hydrogen (secondary N) is 1. The number of carbonyl (C=O) groups excluding carboxylic acids is 1. The maximum absolute atomic E-state index is 13.2. The average Bonchev–Trinajstić information content (AvgIpc) is 2.82. The van der Waals surface area contributed by atoms with Gasteiger partial charge in [-0.25, -0.2) is 0 Å². The second-order valence-electron chi connectivity index (χ2n) is 7.14. The van der Waals surface area contributed by atoms with Gasteiger partial charge in [0.25, 0.3) is 5.91 Å². The van der Waals surface area contributed by atoms with Crippen LogP contribution in [0, 0.1) is 0 Å². The van der Waals surface area contributed by atoms with Crippen LogP contribution in [0.25, 0.3) is 0 Å². The number of methoxy groups -OCH3 is 2. The Morgan fingerprint density at radius 2 is 1.84 bits per heavy atom. The van der Waals surface area contributed by atoms with E-state index in [-0.39, 0.29) is 12.1 Å². The molecule has 1 aromatic heterocycles. The smallest absolute Gasteiger partial charge is 0.257 e. The first-order chi connectivity index (χ1) is 15.2. The van der Waals surface area contributed by atoms with Crippen LogP contribution in [0.5, 0.6) is 11.5 Å². The fourth-order valence-electron chi connectivity index (χ4n) is 3.59. The molecule has 0 bridgehead atoms. The van der Waals surface area contributed by atoms with Gasteiger partial charge in [0.2, 0.25) is 0 Å². The molecule has 0 saturated heterocycles. The lowest BCUT2D eigenvalue weighted by molar-refractivity contribution is 0.0609. The van der Waals surface area contributed by atoms with Crippen molar-refractivity contribution in [2.45, 2.75) is 12.8 Å². The van der Waals surface area contributed by atoms with Gasteiger partial charge in [-0.15, -0.1) is 0 Å². The van der Waals surface area contributed by atoms with Gasteiger partial charge in [0.1, 0.15) is 12.8 Å². The third kappa shape index (κ3) is 4.46. The quantitative estimate of drug-likeness (QED) is 0.597. The predicted octanol–water partition coefficient (Wildman–Crippen LogP) is 3.88. The van der Waals surface area contributed by atoms with Gasteiger partial charge in [-0.1, -0.05) is 18.2 Å². The lowest BCUT2D eigenvalue weighted by Gasteiger charge is -2.38. The van der Waals surface area contributed by atoms with E-state index in [4.69, 9.17) is 14.2 Å². The third-order valence-corrected chi connectivity index (χ3v) is 5.21. The standard InChI is InChI=1S/C24H25N3O4/c1-29-14-13-27-23(26-20-6-4-3-5-19(20)24(27)28)18-7-8-21(22(15-18)30-2)31-16-17-9-11-25-12-10-17/h3-12,15,23,26H,13-14,16H2,1-2H3/t23-/m1/s1. The molecule has 31 heavy (non-hydrogen) atoms. The summed E-state index contributed by atoms with van der Waals surface area (Å²) in [6.07, 6.45) is 3.12. The summed E-state index contributed by atoms with van der Waals surface area (Å²) in [6.45, 7) is 1.31. The largest absolute Gasteiger partial charge is 0.493 e. The summed E-state index contributed by atoms with van der Waals surface area (Å²) in [5, 5.41) is 3.48. The number of anilines is 1. The second kappa shape index (κ2) is 9.49. The highest BCUT2D eigenvalue weighted by Crippen LogP contribution is 2.37. The number of aromatic nitrogens is 1. The number of hydrogen-bond donors (Lipinski definition) is 1. The van der Waals surface area contributed by atoms with Gasteiger partial charge in [0, 0.05) is 31.7 Å². The Labute approximate surface area is 181 Å². The average molecular weight is 419 g/mol. The molecular weight excluding hydrogens is 394 g/mol. The Morgan fingerprint density at radius 1 is 1.03 bits per heavy atom. The van der Waals surface area contributed by atoms with Gasteiger partial charge >= 0.3 is 0 Å². The van der Waals surface area contributed by atoms with E-state index in [1.807, 2.05) is 54.6 Å². The van der Waals surface area contributed by atoms with E-state index in [0.717, 1.165) is 16.8 Å². The molecule has 7 heteroatoms. The van der Waals surface area contributed by atoms with Crippen molar-refractivity contribution in [2.24, 2.45) is 0 Å². The van der Waals surface area contributed by atoms with Crippen LogP contribution in [-0.2, 0) is 11.3 Å². The zero-order valence-corrected chi connectivity index (χ0v) is 17.6. The van der Waals surface area contributed by atoms with Crippen molar-refractivity contribution in [1.82, 2.24) is 9.88 Å². The van der Waals surface area contributed by atoms with Crippen LogP contribution >= 0.6 is 0 Å². The number of pyridine rings is 1. The number of hydrogen-bond acceptors (Lipinski definition) is 6. The van der Waals surface area contributed by atoms with Crippen molar-refractivity contribution in [3.63, 3.8) is 0 Å². The molecule has 2 aromatic carbocycles. The fourth-order valence-corrected chi connectivity index (χ4v) is 3.59. The number of rotatable bonds is 8. The molecule has 1 atom stereocenters. The molecule has 0 radical (unpaired) electrons. The monoisotopic (exact) mass is 419 g/mol. The first-order valence-electron chi connectivity index (χ1n) is 10.1. The van der Waals surface area contributed by atoms with E-state index in [1.165, 1.54) is 0 Å². The maximum atomic E-state index is 13.2. The van der Waals surface area contributed by atoms with Crippen LogP contribution in [0.15, 0.2) is 67.0 Å². The van der Waals surface area contributed by atoms with E-state index in [1.54, 1.807) is 31.5 Å². The van der Waals surface area contributed by atoms with Crippen molar-refractivity contribution in [2.75, 3.05) is 32.7 Å². The summed E-state index contributed by atoms with van der Waals surface area (Å²) in [7, 11) is 3.23. The summed E-state index contributed by atoms with van der Waals surface area (Å²) in [4.78, 5) is 19.0. The summed E-state index contributed by atoms with van der Waals surface area (Å²) in [5.74, 6) is 1.20. The molecule has 0 aliphatic carbocycles. The minimum Gasteiger partial charge on any atom is -0.493 e. The van der Waals surface area contributed by atoms with Gasteiger partial charge < -0.3 is 24.4 Å². The SMILES string of the molecule is COCCN1C(=O)c2ccccc2N[C@H]1c1ccc(OCc2ccncc2)c(OC)c1. The summed E-state index contributed by atoms with van der Waals surface area (Å²) < 4.78 is 16.8. The minimum absolute atomic E-state index is 0.0339. The Bertz CT molecular complexity index is 1040. The van der Waals surface area contributed by atoms with Crippen molar-refractivity contribution in [3.8, 4) is 11.5 Å². The summed E-state index contributed by atoms with van der Waals surface area (Å²) in [5.41, 5.74) is 3.37. The molecule has 1 N–H and O–H groups in total. The number of benzene rings is 2. The van der Waals surface area contributed by atoms with Crippen molar-refractivity contribution >= 4 is 11.6 Å². The van der Waals surface area contributed by atoms with E-state index in [2.05, 4.69) is 10.3 Å². The zero-order valence-electron chi connectivity index (χ0n) is 17.6. The Hall–Kier alpha value is -3.58. The fraction of sp³-hybridized carbons (Fsp3) is 0.250. The Kier molecular flexibility index (Phi) is 6.33. The van der Waals surface area contributed by atoms with Crippen LogP contribution < -0.4 is 14.8 Å². The van der Waals surface area contributed by atoms with E-state index < -0.39 is 0 Å². The molecule has 1 aliphatic heterocycles.